The predicted molar refractivity (Wildman–Crippen MR) is 100 cm³/mol. The van der Waals surface area contributed by atoms with Crippen molar-refractivity contribution < 1.29 is 23.1 Å². The molecule has 2 aromatic carbocycles. The summed E-state index contributed by atoms with van der Waals surface area (Å²) in [5.41, 5.74) is 0.911. The molecule has 0 unspecified atom stereocenters. The van der Waals surface area contributed by atoms with Crippen molar-refractivity contribution in [2.75, 3.05) is 17.7 Å². The Kier molecular flexibility index (Phi) is 5.16. The minimum atomic E-state index is -0.513. The molecular weight excluding hydrogens is 385 g/mol. The van der Waals surface area contributed by atoms with E-state index in [4.69, 9.17) is 13.9 Å². The predicted octanol–water partition coefficient (Wildman–Crippen LogP) is 3.76. The normalized spacial score (nSPS) is 15.3. The second kappa shape index (κ2) is 7.89. The summed E-state index contributed by atoms with van der Waals surface area (Å²) in [5.74, 6) is 0.913. The third kappa shape index (κ3) is 4.09. The molecular formula is C19H16FN3O4S. The van der Waals surface area contributed by atoms with E-state index in [9.17, 15) is 9.18 Å². The zero-order chi connectivity index (χ0) is 19.5. The number of para-hydroxylation sites is 2. The number of benzene rings is 2. The highest BCUT2D eigenvalue weighted by Gasteiger charge is 2.27. The van der Waals surface area contributed by atoms with Crippen LogP contribution in [-0.4, -0.2) is 28.5 Å². The van der Waals surface area contributed by atoms with Crippen LogP contribution >= 0.6 is 11.8 Å². The van der Waals surface area contributed by atoms with E-state index in [1.165, 1.54) is 6.07 Å². The van der Waals surface area contributed by atoms with Gasteiger partial charge in [-0.2, -0.15) is 0 Å². The van der Waals surface area contributed by atoms with Crippen LogP contribution in [0.4, 0.5) is 10.1 Å². The van der Waals surface area contributed by atoms with Gasteiger partial charge in [-0.1, -0.05) is 30.0 Å². The quantitative estimate of drug-likeness (QED) is 0.652. The number of rotatable bonds is 5. The number of amides is 1. The lowest BCUT2D eigenvalue weighted by atomic mass is 10.2. The Hall–Kier alpha value is -3.07. The molecule has 0 spiro atoms. The van der Waals surface area contributed by atoms with Gasteiger partial charge in [0.05, 0.1) is 5.75 Å². The summed E-state index contributed by atoms with van der Waals surface area (Å²) in [4.78, 5) is 12.0. The smallest absolute Gasteiger partial charge is 0.277 e. The summed E-state index contributed by atoms with van der Waals surface area (Å²) in [6.07, 6.45) is -0.513. The molecule has 3 aromatic rings. The fraction of sp³-hybridized carbons (Fsp3) is 0.211. The molecule has 9 heteroatoms. The molecule has 7 nitrogen and oxygen atoms in total. The van der Waals surface area contributed by atoms with Gasteiger partial charge in [-0.05, 0) is 36.8 Å². The molecule has 1 amide bonds. The first-order chi connectivity index (χ1) is 13.6. The van der Waals surface area contributed by atoms with Crippen molar-refractivity contribution in [3.05, 3.63) is 59.7 Å². The Morgan fingerprint density at radius 3 is 2.89 bits per heavy atom. The van der Waals surface area contributed by atoms with E-state index in [0.29, 0.717) is 22.7 Å². The van der Waals surface area contributed by atoms with Gasteiger partial charge in [-0.15, -0.1) is 10.2 Å². The first-order valence-electron chi connectivity index (χ1n) is 8.49. The number of carbonyl (C=O) groups excluding carboxylic acids is 1. The van der Waals surface area contributed by atoms with Gasteiger partial charge in [-0.3, -0.25) is 4.79 Å². The Labute approximate surface area is 164 Å². The average molecular weight is 401 g/mol. The van der Waals surface area contributed by atoms with E-state index in [1.54, 1.807) is 25.1 Å². The lowest BCUT2D eigenvalue weighted by Gasteiger charge is -2.23. The molecule has 28 heavy (non-hydrogen) atoms. The zero-order valence-corrected chi connectivity index (χ0v) is 15.7. The van der Waals surface area contributed by atoms with Gasteiger partial charge < -0.3 is 19.2 Å². The van der Waals surface area contributed by atoms with Crippen LogP contribution in [-0.2, 0) is 4.79 Å². The van der Waals surface area contributed by atoms with Gasteiger partial charge in [-0.25, -0.2) is 4.39 Å². The summed E-state index contributed by atoms with van der Waals surface area (Å²) in [7, 11) is 0. The SMILES string of the molecule is Cc1ccc(NC(=O)CSc2nnc([C@H]3COc4ccccc4O3)o2)cc1F. The van der Waals surface area contributed by atoms with Gasteiger partial charge in [0.15, 0.2) is 11.5 Å². The van der Waals surface area contributed by atoms with Crippen LogP contribution in [0.5, 0.6) is 11.5 Å². The Morgan fingerprint density at radius 1 is 1.25 bits per heavy atom. The minimum Gasteiger partial charge on any atom is -0.485 e. The second-order valence-electron chi connectivity index (χ2n) is 6.07. The number of nitrogens with zero attached hydrogens (tertiary/aromatic N) is 2. The number of thioether (sulfide) groups is 1. The fourth-order valence-corrected chi connectivity index (χ4v) is 3.11. The Balaban J connectivity index is 1.32. The van der Waals surface area contributed by atoms with E-state index in [2.05, 4.69) is 15.5 Å². The van der Waals surface area contributed by atoms with Crippen LogP contribution in [0.2, 0.25) is 0 Å². The summed E-state index contributed by atoms with van der Waals surface area (Å²) in [5, 5.41) is 10.8. The standard InChI is InChI=1S/C19H16FN3O4S/c1-11-6-7-12(8-13(11)20)21-17(24)10-28-19-23-22-18(27-19)16-9-25-14-4-2-3-5-15(14)26-16/h2-8,16H,9-10H2,1H3,(H,21,24)/t16-/m1/s1. The molecule has 0 saturated carbocycles. The highest BCUT2D eigenvalue weighted by atomic mass is 32.2. The molecule has 2 heterocycles. The fourth-order valence-electron chi connectivity index (χ4n) is 2.55. The summed E-state index contributed by atoms with van der Waals surface area (Å²) in [6, 6.07) is 11.8. The number of hydrogen-bond acceptors (Lipinski definition) is 7. The second-order valence-corrected chi connectivity index (χ2v) is 7.00. The monoisotopic (exact) mass is 401 g/mol. The number of anilines is 1. The van der Waals surface area contributed by atoms with Gasteiger partial charge in [0.2, 0.25) is 12.0 Å². The molecule has 0 saturated heterocycles. The summed E-state index contributed by atoms with van der Waals surface area (Å²) in [6.45, 7) is 1.91. The minimum absolute atomic E-state index is 0.0436. The van der Waals surface area contributed by atoms with Crippen LogP contribution in [0.15, 0.2) is 52.1 Å². The summed E-state index contributed by atoms with van der Waals surface area (Å²) < 4.78 is 30.5. The third-order valence-corrected chi connectivity index (χ3v) is 4.81. The van der Waals surface area contributed by atoms with Gasteiger partial charge in [0, 0.05) is 5.69 Å². The van der Waals surface area contributed by atoms with Crippen LogP contribution in [0, 0.1) is 12.7 Å². The molecule has 1 aliphatic rings. The van der Waals surface area contributed by atoms with Crippen molar-refractivity contribution in [2.24, 2.45) is 0 Å². The lowest BCUT2D eigenvalue weighted by Crippen LogP contribution is -2.21. The highest BCUT2D eigenvalue weighted by Crippen LogP contribution is 2.35. The number of nitrogens with one attached hydrogen (secondary N) is 1. The van der Waals surface area contributed by atoms with Gasteiger partial charge in [0.25, 0.3) is 11.1 Å². The zero-order valence-electron chi connectivity index (χ0n) is 14.8. The Bertz CT molecular complexity index is 1010. The molecule has 1 aromatic heterocycles. The Morgan fingerprint density at radius 2 is 2.07 bits per heavy atom. The van der Waals surface area contributed by atoms with E-state index in [0.717, 1.165) is 11.8 Å². The molecule has 144 valence electrons. The maximum atomic E-state index is 13.5. The number of fused-ring (bicyclic) bond motifs is 1. The van der Waals surface area contributed by atoms with E-state index in [-0.39, 0.29) is 35.2 Å². The third-order valence-electron chi connectivity index (χ3n) is 3.99. The number of hydrogen-bond donors (Lipinski definition) is 1. The average Bonchev–Trinajstić information content (AvgIpc) is 3.18. The molecule has 1 atom stereocenters. The van der Waals surface area contributed by atoms with Crippen molar-refractivity contribution in [2.45, 2.75) is 18.3 Å². The van der Waals surface area contributed by atoms with Crippen LogP contribution in [0.1, 0.15) is 17.6 Å². The lowest BCUT2D eigenvalue weighted by molar-refractivity contribution is -0.113. The van der Waals surface area contributed by atoms with Crippen molar-refractivity contribution in [3.63, 3.8) is 0 Å². The maximum absolute atomic E-state index is 13.5. The first kappa shape index (κ1) is 18.3. The van der Waals surface area contributed by atoms with E-state index < -0.39 is 6.10 Å². The van der Waals surface area contributed by atoms with Crippen molar-refractivity contribution in [1.29, 1.82) is 0 Å². The van der Waals surface area contributed by atoms with Crippen molar-refractivity contribution >= 4 is 23.4 Å². The number of carbonyl (C=O) groups is 1. The number of aryl methyl sites for hydroxylation is 1. The number of ether oxygens (including phenoxy) is 2. The first-order valence-corrected chi connectivity index (χ1v) is 9.48. The molecule has 4 rings (SSSR count). The van der Waals surface area contributed by atoms with E-state index >= 15 is 0 Å². The van der Waals surface area contributed by atoms with Crippen LogP contribution < -0.4 is 14.8 Å². The molecule has 0 radical (unpaired) electrons. The topological polar surface area (TPSA) is 86.5 Å². The highest BCUT2D eigenvalue weighted by molar-refractivity contribution is 7.99. The molecule has 1 aliphatic heterocycles. The van der Waals surface area contributed by atoms with E-state index in [1.807, 2.05) is 18.2 Å². The van der Waals surface area contributed by atoms with Gasteiger partial charge in [0.1, 0.15) is 12.4 Å². The molecule has 0 aliphatic carbocycles. The van der Waals surface area contributed by atoms with Crippen LogP contribution in [0.25, 0.3) is 0 Å². The number of aromatic nitrogens is 2. The summed E-state index contributed by atoms with van der Waals surface area (Å²) >= 11 is 1.08. The van der Waals surface area contributed by atoms with Crippen molar-refractivity contribution in [1.82, 2.24) is 10.2 Å². The van der Waals surface area contributed by atoms with Crippen LogP contribution in [0.3, 0.4) is 0 Å². The molecule has 0 fully saturated rings. The van der Waals surface area contributed by atoms with Gasteiger partial charge >= 0.3 is 0 Å². The largest absolute Gasteiger partial charge is 0.485 e. The number of halogens is 1. The maximum Gasteiger partial charge on any atom is 0.277 e. The molecule has 0 bridgehead atoms. The molecule has 1 N–H and O–H groups in total. The van der Waals surface area contributed by atoms with Crippen molar-refractivity contribution in [3.8, 4) is 11.5 Å².